The van der Waals surface area contributed by atoms with E-state index < -0.39 is 0 Å². The molecule has 16 heavy (non-hydrogen) atoms. The molecule has 0 nitrogen and oxygen atoms in total. The molecular formula is C16H24. The highest BCUT2D eigenvalue weighted by Crippen LogP contribution is 2.18. The summed E-state index contributed by atoms with van der Waals surface area (Å²) in [5, 5.41) is 0. The second-order valence-corrected chi connectivity index (χ2v) is 4.75. The molecule has 0 aliphatic heterocycles. The quantitative estimate of drug-likeness (QED) is 0.468. The molecule has 88 valence electrons. The van der Waals surface area contributed by atoms with Crippen molar-refractivity contribution in [3.8, 4) is 0 Å². The Balaban J connectivity index is 2.50. The van der Waals surface area contributed by atoms with Gasteiger partial charge in [-0.1, -0.05) is 30.2 Å². The van der Waals surface area contributed by atoms with Crippen molar-refractivity contribution in [3.05, 3.63) is 47.0 Å². The zero-order valence-corrected chi connectivity index (χ0v) is 11.0. The van der Waals surface area contributed by atoms with Crippen LogP contribution < -0.4 is 0 Å². The minimum Gasteiger partial charge on any atom is -0.103 e. The lowest BCUT2D eigenvalue weighted by Crippen LogP contribution is -1.94. The maximum atomic E-state index is 3.75. The maximum Gasteiger partial charge on any atom is -0.0276 e. The van der Waals surface area contributed by atoms with Gasteiger partial charge in [0.05, 0.1) is 0 Å². The summed E-state index contributed by atoms with van der Waals surface area (Å²) in [5.74, 6) is 0. The first kappa shape index (κ1) is 13.0. The molecule has 0 N–H and O–H groups in total. The van der Waals surface area contributed by atoms with Gasteiger partial charge in [-0.2, -0.15) is 0 Å². The second-order valence-electron chi connectivity index (χ2n) is 4.75. The van der Waals surface area contributed by atoms with Crippen molar-refractivity contribution < 1.29 is 0 Å². The van der Waals surface area contributed by atoms with Gasteiger partial charge in [0.1, 0.15) is 0 Å². The van der Waals surface area contributed by atoms with Gasteiger partial charge in [0.25, 0.3) is 0 Å². The largest absolute Gasteiger partial charge is 0.103 e. The summed E-state index contributed by atoms with van der Waals surface area (Å²) in [6.45, 7) is 10.4. The Morgan fingerprint density at radius 2 is 1.81 bits per heavy atom. The first-order chi connectivity index (χ1) is 7.65. The van der Waals surface area contributed by atoms with E-state index in [1.807, 2.05) is 6.08 Å². The van der Waals surface area contributed by atoms with Gasteiger partial charge in [-0.25, -0.2) is 0 Å². The summed E-state index contributed by atoms with van der Waals surface area (Å²) in [7, 11) is 0. The van der Waals surface area contributed by atoms with Gasteiger partial charge in [-0.15, -0.1) is 6.58 Å². The molecule has 0 bridgehead atoms. The van der Waals surface area contributed by atoms with E-state index in [1.54, 1.807) is 0 Å². The number of aryl methyl sites for hydroxylation is 3. The van der Waals surface area contributed by atoms with E-state index in [1.165, 1.54) is 47.9 Å². The molecule has 0 fully saturated rings. The smallest absolute Gasteiger partial charge is 0.0276 e. The maximum absolute atomic E-state index is 3.75. The van der Waals surface area contributed by atoms with Crippen LogP contribution in [0.4, 0.5) is 0 Å². The van der Waals surface area contributed by atoms with Crippen LogP contribution in [0.2, 0.25) is 0 Å². The first-order valence-electron chi connectivity index (χ1n) is 6.32. The number of hydrogen-bond donors (Lipinski definition) is 0. The molecule has 0 unspecified atom stereocenters. The summed E-state index contributed by atoms with van der Waals surface area (Å²) >= 11 is 0. The third kappa shape index (κ3) is 3.84. The summed E-state index contributed by atoms with van der Waals surface area (Å²) < 4.78 is 0. The van der Waals surface area contributed by atoms with Crippen LogP contribution >= 0.6 is 0 Å². The monoisotopic (exact) mass is 216 g/mol. The van der Waals surface area contributed by atoms with Crippen LogP contribution in [-0.2, 0) is 6.42 Å². The normalized spacial score (nSPS) is 10.4. The topological polar surface area (TPSA) is 0 Å². The Labute approximate surface area is 100 Å². The lowest BCUT2D eigenvalue weighted by atomic mass is 9.96. The average molecular weight is 216 g/mol. The fraction of sp³-hybridized carbons (Fsp3) is 0.500. The van der Waals surface area contributed by atoms with Crippen molar-refractivity contribution in [3.63, 3.8) is 0 Å². The van der Waals surface area contributed by atoms with E-state index in [-0.39, 0.29) is 0 Å². The Morgan fingerprint density at radius 3 is 2.50 bits per heavy atom. The molecule has 1 aromatic carbocycles. The van der Waals surface area contributed by atoms with Crippen molar-refractivity contribution in [2.45, 2.75) is 52.9 Å². The van der Waals surface area contributed by atoms with E-state index in [2.05, 4.69) is 39.5 Å². The van der Waals surface area contributed by atoms with Crippen molar-refractivity contribution >= 4 is 0 Å². The number of unbranched alkanes of at least 4 members (excludes halogenated alkanes) is 3. The van der Waals surface area contributed by atoms with E-state index in [0.29, 0.717) is 0 Å². The van der Waals surface area contributed by atoms with Crippen LogP contribution in [0.5, 0.6) is 0 Å². The summed E-state index contributed by atoms with van der Waals surface area (Å²) in [6.07, 6.45) is 8.31. The molecule has 0 aliphatic rings. The van der Waals surface area contributed by atoms with Crippen LogP contribution in [0.1, 0.15) is 47.9 Å². The van der Waals surface area contributed by atoms with Crippen molar-refractivity contribution in [1.29, 1.82) is 0 Å². The molecule has 0 amide bonds. The highest BCUT2D eigenvalue weighted by molar-refractivity contribution is 5.37. The van der Waals surface area contributed by atoms with Crippen LogP contribution in [0, 0.1) is 20.8 Å². The van der Waals surface area contributed by atoms with Crippen LogP contribution in [0.15, 0.2) is 24.8 Å². The number of allylic oxidation sites excluding steroid dienone is 1. The third-order valence-corrected chi connectivity index (χ3v) is 3.27. The van der Waals surface area contributed by atoms with Gasteiger partial charge >= 0.3 is 0 Å². The standard InChI is InChI=1S/C16H24/c1-5-6-7-8-9-10-16-12-13(2)11-14(3)15(16)4/h5,11-12H,1,6-10H2,2-4H3. The summed E-state index contributed by atoms with van der Waals surface area (Å²) in [5.41, 5.74) is 5.84. The molecule has 0 radical (unpaired) electrons. The molecular weight excluding hydrogens is 192 g/mol. The predicted octanol–water partition coefficient (Wildman–Crippen LogP) is 4.90. The molecule has 0 heterocycles. The lowest BCUT2D eigenvalue weighted by molar-refractivity contribution is 0.685. The molecule has 1 aromatic rings. The van der Waals surface area contributed by atoms with Crippen molar-refractivity contribution in [2.75, 3.05) is 0 Å². The Morgan fingerprint density at radius 1 is 1.06 bits per heavy atom. The molecule has 0 heteroatoms. The zero-order valence-electron chi connectivity index (χ0n) is 11.0. The molecule has 0 spiro atoms. The van der Waals surface area contributed by atoms with Crippen molar-refractivity contribution in [2.24, 2.45) is 0 Å². The molecule has 0 saturated carbocycles. The summed E-state index contributed by atoms with van der Waals surface area (Å²) in [4.78, 5) is 0. The first-order valence-corrected chi connectivity index (χ1v) is 6.32. The summed E-state index contributed by atoms with van der Waals surface area (Å²) in [6, 6.07) is 4.62. The number of benzene rings is 1. The van der Waals surface area contributed by atoms with Gasteiger partial charge in [-0.3, -0.25) is 0 Å². The fourth-order valence-electron chi connectivity index (χ4n) is 2.17. The highest BCUT2D eigenvalue weighted by Gasteiger charge is 2.02. The lowest BCUT2D eigenvalue weighted by Gasteiger charge is -2.10. The van der Waals surface area contributed by atoms with Gasteiger partial charge in [-0.05, 0) is 63.1 Å². The number of hydrogen-bond acceptors (Lipinski definition) is 0. The van der Waals surface area contributed by atoms with Crippen LogP contribution in [-0.4, -0.2) is 0 Å². The predicted molar refractivity (Wildman–Crippen MR) is 73.0 cm³/mol. The third-order valence-electron chi connectivity index (χ3n) is 3.27. The van der Waals surface area contributed by atoms with Gasteiger partial charge in [0, 0.05) is 0 Å². The van der Waals surface area contributed by atoms with Gasteiger partial charge in [0.15, 0.2) is 0 Å². The molecule has 0 aromatic heterocycles. The van der Waals surface area contributed by atoms with E-state index in [4.69, 9.17) is 0 Å². The second kappa shape index (κ2) is 6.52. The van der Waals surface area contributed by atoms with Gasteiger partial charge in [0.2, 0.25) is 0 Å². The minimum absolute atomic E-state index is 1.16. The molecule has 0 atom stereocenters. The average Bonchev–Trinajstić information content (AvgIpc) is 2.24. The number of rotatable bonds is 6. The van der Waals surface area contributed by atoms with Crippen molar-refractivity contribution in [1.82, 2.24) is 0 Å². The highest BCUT2D eigenvalue weighted by atomic mass is 14.1. The fourth-order valence-corrected chi connectivity index (χ4v) is 2.17. The zero-order chi connectivity index (χ0) is 12.0. The molecule has 0 aliphatic carbocycles. The van der Waals surface area contributed by atoms with Gasteiger partial charge < -0.3 is 0 Å². The van der Waals surface area contributed by atoms with E-state index in [0.717, 1.165) is 6.42 Å². The minimum atomic E-state index is 1.16. The van der Waals surface area contributed by atoms with Crippen LogP contribution in [0.3, 0.4) is 0 Å². The SMILES string of the molecule is C=CCCCCCc1cc(C)cc(C)c1C. The van der Waals surface area contributed by atoms with E-state index >= 15 is 0 Å². The molecule has 0 saturated heterocycles. The Hall–Kier alpha value is -1.04. The Kier molecular flexibility index (Phi) is 5.31. The van der Waals surface area contributed by atoms with Crippen LogP contribution in [0.25, 0.3) is 0 Å². The van der Waals surface area contributed by atoms with E-state index in [9.17, 15) is 0 Å². The Bertz CT molecular complexity index is 347. The molecule has 1 rings (SSSR count).